The molecule has 2 unspecified atom stereocenters. The zero-order chi connectivity index (χ0) is 47.9. The van der Waals surface area contributed by atoms with Gasteiger partial charge in [-0.15, -0.1) is 0 Å². The van der Waals surface area contributed by atoms with Crippen LogP contribution < -0.4 is 5.32 Å². The number of hydrogen-bond acceptors (Lipinski definition) is 5. The van der Waals surface area contributed by atoms with Crippen molar-refractivity contribution in [1.29, 1.82) is 0 Å². The fourth-order valence-corrected chi connectivity index (χ4v) is 9.45. The number of amides is 1. The largest absolute Gasteiger partial charge is 0.466 e. The van der Waals surface area contributed by atoms with Gasteiger partial charge in [0.2, 0.25) is 5.91 Å². The molecule has 0 aliphatic carbocycles. The molecule has 0 rings (SSSR count). The Morgan fingerprint density at radius 2 is 0.727 bits per heavy atom. The third-order valence-electron chi connectivity index (χ3n) is 14.1. The summed E-state index contributed by atoms with van der Waals surface area (Å²) < 4.78 is 5.46. The third kappa shape index (κ3) is 52.0. The first-order valence-electron chi connectivity index (χ1n) is 29.9. The maximum atomic E-state index is 12.4. The minimum atomic E-state index is -0.659. The van der Waals surface area contributed by atoms with Gasteiger partial charge in [0.05, 0.1) is 25.4 Å². The quantitative estimate of drug-likeness (QED) is 0.0321. The molecule has 0 fully saturated rings. The van der Waals surface area contributed by atoms with Gasteiger partial charge in [-0.2, -0.15) is 0 Å². The van der Waals surface area contributed by atoms with E-state index in [0.717, 1.165) is 44.9 Å². The Balaban J connectivity index is 3.31. The van der Waals surface area contributed by atoms with Crippen molar-refractivity contribution in [2.45, 2.75) is 347 Å². The highest BCUT2D eigenvalue weighted by atomic mass is 16.5. The number of aliphatic hydroxyl groups is 2. The second-order valence-corrected chi connectivity index (χ2v) is 20.7. The molecule has 6 nitrogen and oxygen atoms in total. The van der Waals surface area contributed by atoms with E-state index in [1.807, 2.05) is 0 Å². The van der Waals surface area contributed by atoms with Gasteiger partial charge < -0.3 is 20.3 Å². The van der Waals surface area contributed by atoms with Gasteiger partial charge in [0.25, 0.3) is 0 Å². The first-order chi connectivity index (χ1) is 32.5. The van der Waals surface area contributed by atoms with Crippen LogP contribution in [-0.2, 0) is 14.3 Å². The van der Waals surface area contributed by atoms with Gasteiger partial charge in [0.15, 0.2) is 0 Å². The SMILES string of the molecule is CCCC/C=C\CCCCCCCC(=O)OCCCCCCCCCCCCCCCCCCCCCCCCCCCCCCC(=O)NC(CO)C(O)CCCCCCCCCCCC. The zero-order valence-corrected chi connectivity index (χ0v) is 44.7. The van der Waals surface area contributed by atoms with Crippen LogP contribution in [0, 0.1) is 0 Å². The highest BCUT2D eigenvalue weighted by molar-refractivity contribution is 5.76. The molecule has 2 atom stereocenters. The highest BCUT2D eigenvalue weighted by Crippen LogP contribution is 2.18. The minimum absolute atomic E-state index is 0.00788. The second kappa shape index (κ2) is 56.2. The topological polar surface area (TPSA) is 95.9 Å². The van der Waals surface area contributed by atoms with E-state index in [-0.39, 0.29) is 18.5 Å². The zero-order valence-electron chi connectivity index (χ0n) is 44.7. The summed E-state index contributed by atoms with van der Waals surface area (Å²) in [7, 11) is 0. The lowest BCUT2D eigenvalue weighted by Gasteiger charge is -2.22. The van der Waals surface area contributed by atoms with Crippen LogP contribution in [0.15, 0.2) is 12.2 Å². The van der Waals surface area contributed by atoms with Crippen LogP contribution >= 0.6 is 0 Å². The van der Waals surface area contributed by atoms with Gasteiger partial charge in [-0.3, -0.25) is 9.59 Å². The summed E-state index contributed by atoms with van der Waals surface area (Å²) in [5, 5.41) is 23.2. The third-order valence-corrected chi connectivity index (χ3v) is 14.1. The van der Waals surface area contributed by atoms with Gasteiger partial charge in [-0.05, 0) is 44.9 Å². The smallest absolute Gasteiger partial charge is 0.305 e. The van der Waals surface area contributed by atoms with Crippen LogP contribution in [0.1, 0.15) is 335 Å². The lowest BCUT2D eigenvalue weighted by atomic mass is 10.0. The number of aliphatic hydroxyl groups excluding tert-OH is 2. The van der Waals surface area contributed by atoms with Crippen molar-refractivity contribution >= 4 is 11.9 Å². The van der Waals surface area contributed by atoms with Crippen molar-refractivity contribution in [3.63, 3.8) is 0 Å². The summed E-state index contributed by atoms with van der Waals surface area (Å²) in [6.45, 7) is 4.92. The van der Waals surface area contributed by atoms with Crippen LogP contribution in [0.25, 0.3) is 0 Å². The molecule has 0 saturated heterocycles. The molecule has 0 aliphatic rings. The Kier molecular flexibility index (Phi) is 55.0. The number of carbonyl (C=O) groups is 2. The van der Waals surface area contributed by atoms with Crippen molar-refractivity contribution in [3.05, 3.63) is 12.2 Å². The second-order valence-electron chi connectivity index (χ2n) is 20.7. The predicted molar refractivity (Wildman–Crippen MR) is 287 cm³/mol. The number of carbonyl (C=O) groups excluding carboxylic acids is 2. The van der Waals surface area contributed by atoms with E-state index in [1.54, 1.807) is 0 Å². The minimum Gasteiger partial charge on any atom is -0.466 e. The molecule has 0 aromatic rings. The van der Waals surface area contributed by atoms with E-state index in [1.165, 1.54) is 257 Å². The van der Waals surface area contributed by atoms with Crippen LogP contribution in [0.2, 0.25) is 0 Å². The van der Waals surface area contributed by atoms with Crippen molar-refractivity contribution in [1.82, 2.24) is 5.32 Å². The molecule has 0 aromatic carbocycles. The monoisotopic (exact) mass is 932 g/mol. The van der Waals surface area contributed by atoms with E-state index < -0.39 is 12.1 Å². The molecule has 6 heteroatoms. The Morgan fingerprint density at radius 3 is 1.12 bits per heavy atom. The molecule has 1 amide bonds. The summed E-state index contributed by atoms with van der Waals surface area (Å²) in [6.07, 6.45) is 66.6. The Hall–Kier alpha value is -1.40. The van der Waals surface area contributed by atoms with Crippen molar-refractivity contribution in [2.24, 2.45) is 0 Å². The lowest BCUT2D eigenvalue weighted by molar-refractivity contribution is -0.143. The summed E-state index contributed by atoms with van der Waals surface area (Å²) in [6, 6.07) is -0.536. The van der Waals surface area contributed by atoms with Gasteiger partial charge >= 0.3 is 5.97 Å². The number of unbranched alkanes of at least 4 members (excludes halogenated alkanes) is 43. The first-order valence-corrected chi connectivity index (χ1v) is 29.9. The molecule has 0 heterocycles. The Labute approximate surface area is 412 Å². The number of allylic oxidation sites excluding steroid dienone is 2. The van der Waals surface area contributed by atoms with E-state index in [0.29, 0.717) is 25.9 Å². The van der Waals surface area contributed by atoms with Crippen molar-refractivity contribution in [3.8, 4) is 0 Å². The summed E-state index contributed by atoms with van der Waals surface area (Å²) in [5.74, 6) is -0.0243. The molecular formula is C60H117NO5. The van der Waals surface area contributed by atoms with Crippen LogP contribution in [-0.4, -0.2) is 47.4 Å². The molecule has 0 spiro atoms. The van der Waals surface area contributed by atoms with E-state index >= 15 is 0 Å². The highest BCUT2D eigenvalue weighted by Gasteiger charge is 2.20. The number of rotatable bonds is 56. The van der Waals surface area contributed by atoms with Gasteiger partial charge in [0, 0.05) is 12.8 Å². The first kappa shape index (κ1) is 64.6. The van der Waals surface area contributed by atoms with Crippen molar-refractivity contribution < 1.29 is 24.5 Å². The van der Waals surface area contributed by atoms with Crippen LogP contribution in [0.5, 0.6) is 0 Å². The van der Waals surface area contributed by atoms with Gasteiger partial charge in [-0.1, -0.05) is 289 Å². The summed E-state index contributed by atoms with van der Waals surface area (Å²) >= 11 is 0. The lowest BCUT2D eigenvalue weighted by Crippen LogP contribution is -2.45. The molecule has 3 N–H and O–H groups in total. The molecule has 0 aliphatic heterocycles. The number of nitrogens with one attached hydrogen (secondary N) is 1. The van der Waals surface area contributed by atoms with E-state index in [4.69, 9.17) is 4.74 Å². The van der Waals surface area contributed by atoms with Gasteiger partial charge in [0.1, 0.15) is 0 Å². The predicted octanol–water partition coefficient (Wildman–Crippen LogP) is 18.5. The fourth-order valence-electron chi connectivity index (χ4n) is 9.45. The Bertz CT molecular complexity index is 986. The number of esters is 1. The molecule has 0 saturated carbocycles. The molecule has 0 aromatic heterocycles. The van der Waals surface area contributed by atoms with Gasteiger partial charge in [-0.25, -0.2) is 0 Å². The molecule has 0 bridgehead atoms. The van der Waals surface area contributed by atoms with E-state index in [2.05, 4.69) is 31.3 Å². The number of ether oxygens (including phenoxy) is 1. The standard InChI is InChI=1S/C60H117NO5/c1-3-5-7-9-11-13-33-38-42-46-50-54-60(65)66-55-51-47-43-39-35-32-30-28-26-24-22-20-18-16-15-17-19-21-23-25-27-29-31-34-37-41-45-49-53-59(64)61-57(56-62)58(63)52-48-44-40-36-14-12-10-8-6-4-2/h9,11,57-58,62-63H,3-8,10,12-56H2,1-2H3,(H,61,64)/b11-9-. The maximum Gasteiger partial charge on any atom is 0.305 e. The molecule has 392 valence electrons. The van der Waals surface area contributed by atoms with E-state index in [9.17, 15) is 19.8 Å². The maximum absolute atomic E-state index is 12.4. The average Bonchev–Trinajstić information content (AvgIpc) is 3.32. The Morgan fingerprint density at radius 1 is 0.409 bits per heavy atom. The number of hydrogen-bond donors (Lipinski definition) is 3. The van der Waals surface area contributed by atoms with Crippen LogP contribution in [0.3, 0.4) is 0 Å². The van der Waals surface area contributed by atoms with Crippen molar-refractivity contribution in [2.75, 3.05) is 13.2 Å². The fraction of sp³-hybridized carbons (Fsp3) is 0.933. The average molecular weight is 933 g/mol. The summed E-state index contributed by atoms with van der Waals surface area (Å²) in [5.41, 5.74) is 0. The molecule has 66 heavy (non-hydrogen) atoms. The normalized spacial score (nSPS) is 12.6. The summed E-state index contributed by atoms with van der Waals surface area (Å²) in [4.78, 5) is 24.4. The molecular weight excluding hydrogens is 815 g/mol. The molecule has 0 radical (unpaired) electrons. The van der Waals surface area contributed by atoms with Crippen LogP contribution in [0.4, 0.5) is 0 Å².